The predicted octanol–water partition coefficient (Wildman–Crippen LogP) is 4.94. The van der Waals surface area contributed by atoms with Crippen LogP contribution in [-0.2, 0) is 4.79 Å². The molecule has 2 amide bonds. The number of aromatic amines is 1. The Kier molecular flexibility index (Phi) is 9.38. The molecule has 194 valence electrons. The van der Waals surface area contributed by atoms with Crippen LogP contribution in [0.3, 0.4) is 0 Å². The molecule has 3 aromatic heterocycles. The molecule has 0 radical (unpaired) electrons. The first-order chi connectivity index (χ1) is 17.5. The molecule has 1 saturated carbocycles. The predicted molar refractivity (Wildman–Crippen MR) is 142 cm³/mol. The van der Waals surface area contributed by atoms with Crippen LogP contribution in [0.4, 0.5) is 5.82 Å². The van der Waals surface area contributed by atoms with E-state index in [4.69, 9.17) is 4.74 Å². The number of nitrogens with zero attached hydrogens (tertiary/aromatic N) is 5. The van der Waals surface area contributed by atoms with Gasteiger partial charge in [0.15, 0.2) is 11.5 Å². The van der Waals surface area contributed by atoms with Crippen LogP contribution in [0.15, 0.2) is 42.9 Å². The van der Waals surface area contributed by atoms with Gasteiger partial charge in [-0.1, -0.05) is 33.1 Å². The van der Waals surface area contributed by atoms with E-state index in [2.05, 4.69) is 25.6 Å². The molecule has 0 unspecified atom stereocenters. The van der Waals surface area contributed by atoms with E-state index in [-0.39, 0.29) is 13.2 Å². The zero-order valence-electron chi connectivity index (χ0n) is 21.6. The van der Waals surface area contributed by atoms with E-state index in [0.29, 0.717) is 28.8 Å². The maximum absolute atomic E-state index is 12.6. The second-order valence-corrected chi connectivity index (χ2v) is 8.32. The zero-order chi connectivity index (χ0) is 26.1. The van der Waals surface area contributed by atoms with Gasteiger partial charge < -0.3 is 15.0 Å². The van der Waals surface area contributed by atoms with Crippen molar-refractivity contribution >= 4 is 34.2 Å². The van der Waals surface area contributed by atoms with Crippen molar-refractivity contribution in [2.24, 2.45) is 0 Å². The summed E-state index contributed by atoms with van der Waals surface area (Å²) < 4.78 is 6.86. The van der Waals surface area contributed by atoms with Crippen LogP contribution in [0.2, 0.25) is 0 Å². The molecule has 0 spiro atoms. The number of rotatable bonds is 4. The Hall–Kier alpha value is -3.95. The Morgan fingerprint density at radius 3 is 2.64 bits per heavy atom. The molecule has 5 rings (SSSR count). The van der Waals surface area contributed by atoms with E-state index >= 15 is 0 Å². The van der Waals surface area contributed by atoms with Crippen LogP contribution in [0, 0.1) is 0 Å². The van der Waals surface area contributed by atoms with Crippen LogP contribution in [-0.4, -0.2) is 61.7 Å². The van der Waals surface area contributed by atoms with Gasteiger partial charge in [-0.15, -0.1) is 0 Å². The van der Waals surface area contributed by atoms with Gasteiger partial charge in [-0.25, -0.2) is 4.98 Å². The molecular formula is C26H37N7O3. The SMILES string of the molecule is CC.CC(=O)N(C)C1CCCCC1.COc1cc2[nH]ncc2cc1C(=O)Nc1cnc2cccnn12.[HH]. The summed E-state index contributed by atoms with van der Waals surface area (Å²) in [5.74, 6) is 0.843. The number of carbonyl (C=O) groups is 2. The number of imidazole rings is 1. The van der Waals surface area contributed by atoms with Crippen molar-refractivity contribution in [3.63, 3.8) is 0 Å². The zero-order valence-corrected chi connectivity index (χ0v) is 21.6. The number of amides is 2. The number of anilines is 1. The Balaban J connectivity index is 0.000000292. The second-order valence-electron chi connectivity index (χ2n) is 8.32. The molecular weight excluding hydrogens is 458 g/mol. The van der Waals surface area contributed by atoms with Gasteiger partial charge in [0, 0.05) is 39.1 Å². The van der Waals surface area contributed by atoms with Crippen LogP contribution < -0.4 is 10.1 Å². The van der Waals surface area contributed by atoms with Gasteiger partial charge in [0.1, 0.15) is 5.75 Å². The number of nitrogens with one attached hydrogen (secondary N) is 2. The van der Waals surface area contributed by atoms with Gasteiger partial charge in [0.25, 0.3) is 5.91 Å². The lowest BCUT2D eigenvalue weighted by molar-refractivity contribution is -0.130. The van der Waals surface area contributed by atoms with E-state index in [9.17, 15) is 9.59 Å². The first-order valence-electron chi connectivity index (χ1n) is 12.3. The molecule has 1 fully saturated rings. The number of benzene rings is 1. The summed E-state index contributed by atoms with van der Waals surface area (Å²) in [5.41, 5.74) is 1.86. The minimum Gasteiger partial charge on any atom is -0.496 e. The van der Waals surface area contributed by atoms with Crippen molar-refractivity contribution in [2.45, 2.75) is 58.9 Å². The lowest BCUT2D eigenvalue weighted by Gasteiger charge is -2.30. The quantitative estimate of drug-likeness (QED) is 0.414. The largest absolute Gasteiger partial charge is 0.496 e. The van der Waals surface area contributed by atoms with Gasteiger partial charge >= 0.3 is 0 Å². The Labute approximate surface area is 212 Å². The maximum atomic E-state index is 12.6. The van der Waals surface area contributed by atoms with Gasteiger partial charge in [-0.3, -0.25) is 14.7 Å². The van der Waals surface area contributed by atoms with Crippen molar-refractivity contribution in [3.8, 4) is 5.75 Å². The fourth-order valence-electron chi connectivity index (χ4n) is 4.14. The third-order valence-electron chi connectivity index (χ3n) is 6.14. The molecule has 0 bridgehead atoms. The highest BCUT2D eigenvalue weighted by atomic mass is 16.5. The smallest absolute Gasteiger partial charge is 0.260 e. The summed E-state index contributed by atoms with van der Waals surface area (Å²) >= 11 is 0. The summed E-state index contributed by atoms with van der Waals surface area (Å²) in [6.45, 7) is 5.65. The molecule has 1 aliphatic rings. The standard InChI is InChI=1S/C15H12N6O2.C9H17NO.C2H6.H2/c1-23-12-6-11-9(7-17-20-11)5-10(12)15(22)19-14-8-16-13-3-2-4-18-21(13)14;1-8(11)10(2)9-6-4-3-5-7-9;1-2;/h2-8H,1H3,(H,17,20)(H,19,22);9H,3-7H2,1-2H3;1-2H3;1H. The highest BCUT2D eigenvalue weighted by Crippen LogP contribution is 2.25. The molecule has 1 aliphatic carbocycles. The number of hydrogen-bond donors (Lipinski definition) is 2. The van der Waals surface area contributed by atoms with E-state index in [1.165, 1.54) is 39.2 Å². The summed E-state index contributed by atoms with van der Waals surface area (Å²) in [5, 5.41) is 14.6. The van der Waals surface area contributed by atoms with E-state index < -0.39 is 0 Å². The van der Waals surface area contributed by atoms with Crippen LogP contribution >= 0.6 is 0 Å². The van der Waals surface area contributed by atoms with Gasteiger partial charge in [-0.05, 0) is 31.0 Å². The molecule has 0 aliphatic heterocycles. The third kappa shape index (κ3) is 6.18. The fourth-order valence-corrected chi connectivity index (χ4v) is 4.14. The van der Waals surface area contributed by atoms with Crippen LogP contribution in [0.5, 0.6) is 5.75 Å². The van der Waals surface area contributed by atoms with Gasteiger partial charge in [0.2, 0.25) is 5.91 Å². The number of ether oxygens (including phenoxy) is 1. The molecule has 10 nitrogen and oxygen atoms in total. The normalized spacial score (nSPS) is 13.2. The van der Waals surface area contributed by atoms with Crippen LogP contribution in [0.25, 0.3) is 16.6 Å². The summed E-state index contributed by atoms with van der Waals surface area (Å²) in [7, 11) is 3.43. The molecule has 3 heterocycles. The van der Waals surface area contributed by atoms with Crippen molar-refractivity contribution in [1.82, 2.24) is 29.7 Å². The number of methoxy groups -OCH3 is 1. The Morgan fingerprint density at radius 1 is 1.19 bits per heavy atom. The lowest BCUT2D eigenvalue weighted by Crippen LogP contribution is -2.36. The maximum Gasteiger partial charge on any atom is 0.260 e. The molecule has 36 heavy (non-hydrogen) atoms. The van der Waals surface area contributed by atoms with Gasteiger partial charge in [0.05, 0.1) is 30.6 Å². The molecule has 0 atom stereocenters. The lowest BCUT2D eigenvalue weighted by atomic mass is 9.94. The van der Waals surface area contributed by atoms with Crippen molar-refractivity contribution in [2.75, 3.05) is 19.5 Å². The molecule has 2 N–H and O–H groups in total. The van der Waals surface area contributed by atoms with Gasteiger partial charge in [-0.2, -0.15) is 14.7 Å². The van der Waals surface area contributed by atoms with Crippen molar-refractivity contribution in [3.05, 3.63) is 48.4 Å². The highest BCUT2D eigenvalue weighted by molar-refractivity contribution is 6.08. The van der Waals surface area contributed by atoms with E-state index in [1.807, 2.05) is 25.8 Å². The topological polar surface area (TPSA) is 118 Å². The van der Waals surface area contributed by atoms with E-state index in [1.54, 1.807) is 54.3 Å². The first kappa shape index (κ1) is 26.7. The number of aromatic nitrogens is 5. The summed E-state index contributed by atoms with van der Waals surface area (Å²) in [4.78, 5) is 29.7. The number of hydrogen-bond acceptors (Lipinski definition) is 6. The Morgan fingerprint density at radius 2 is 1.94 bits per heavy atom. The summed E-state index contributed by atoms with van der Waals surface area (Å²) in [6, 6.07) is 7.58. The first-order valence-corrected chi connectivity index (χ1v) is 12.3. The highest BCUT2D eigenvalue weighted by Gasteiger charge is 2.19. The number of H-pyrrole nitrogens is 1. The van der Waals surface area contributed by atoms with Crippen LogP contribution in [0.1, 0.15) is 64.7 Å². The minimum absolute atomic E-state index is 0. The minimum atomic E-state index is -0.308. The third-order valence-corrected chi connectivity index (χ3v) is 6.14. The number of carbonyl (C=O) groups excluding carboxylic acids is 2. The monoisotopic (exact) mass is 495 g/mol. The molecule has 1 aromatic carbocycles. The fraction of sp³-hybridized carbons (Fsp3) is 0.423. The average Bonchev–Trinajstić information content (AvgIpc) is 3.56. The summed E-state index contributed by atoms with van der Waals surface area (Å²) in [6.07, 6.45) is 11.2. The average molecular weight is 496 g/mol. The van der Waals surface area contributed by atoms with Crippen molar-refractivity contribution < 1.29 is 15.8 Å². The number of fused-ring (bicyclic) bond motifs is 2. The molecule has 4 aromatic rings. The second kappa shape index (κ2) is 12.7. The van der Waals surface area contributed by atoms with E-state index in [0.717, 1.165) is 10.9 Å². The van der Waals surface area contributed by atoms with Crippen molar-refractivity contribution in [1.29, 1.82) is 0 Å². The Bertz CT molecular complexity index is 1300. The molecule has 10 heteroatoms. The molecule has 0 saturated heterocycles.